The quantitative estimate of drug-likeness (QED) is 0.589. The Bertz CT molecular complexity index is 207. The van der Waals surface area contributed by atoms with E-state index in [1.807, 2.05) is 0 Å². The fraction of sp³-hybridized carbons (Fsp3) is 1.00. The second kappa shape index (κ2) is 4.89. The van der Waals surface area contributed by atoms with Crippen molar-refractivity contribution in [2.24, 2.45) is 17.3 Å². The van der Waals surface area contributed by atoms with Gasteiger partial charge in [0, 0.05) is 2.74 Å². The summed E-state index contributed by atoms with van der Waals surface area (Å²) in [5, 5.41) is 0. The van der Waals surface area contributed by atoms with Crippen molar-refractivity contribution >= 4 is 0 Å². The van der Waals surface area contributed by atoms with Gasteiger partial charge in [0.25, 0.3) is 0 Å². The summed E-state index contributed by atoms with van der Waals surface area (Å²) >= 11 is 0. The van der Waals surface area contributed by atoms with Crippen LogP contribution in [-0.2, 0) is 0 Å². The van der Waals surface area contributed by atoms with Crippen molar-refractivity contribution in [1.82, 2.24) is 0 Å². The molecular formula is C15H28. The number of hydrogen-bond donors (Lipinski definition) is 0. The second-order valence-corrected chi connectivity index (χ2v) is 6.04. The molecule has 0 unspecified atom stereocenters. The average molecular weight is 210 g/mol. The molecule has 0 bridgehead atoms. The van der Waals surface area contributed by atoms with Gasteiger partial charge in [-0.25, -0.2) is 0 Å². The van der Waals surface area contributed by atoms with Gasteiger partial charge in [-0.1, -0.05) is 52.3 Å². The van der Waals surface area contributed by atoms with Crippen molar-refractivity contribution in [3.63, 3.8) is 0 Å². The molecule has 0 spiro atoms. The summed E-state index contributed by atoms with van der Waals surface area (Å²) in [5.41, 5.74) is -0.0269. The van der Waals surface area contributed by atoms with E-state index >= 15 is 0 Å². The standard InChI is InChI=1S/C15H28/c1-15(2,13-9-5-3-6-10-13)14-11-7-4-8-12-14/h13-14H,3-12H2,1-2H3/i1D2. The third-order valence-corrected chi connectivity index (χ3v) is 4.97. The number of rotatable bonds is 2. The zero-order chi connectivity index (χ0) is 12.3. The van der Waals surface area contributed by atoms with Crippen LogP contribution in [0.2, 0.25) is 0 Å². The maximum absolute atomic E-state index is 8.07. The van der Waals surface area contributed by atoms with Gasteiger partial charge >= 0.3 is 0 Å². The van der Waals surface area contributed by atoms with E-state index in [2.05, 4.69) is 6.92 Å². The lowest BCUT2D eigenvalue weighted by atomic mass is 9.61. The average Bonchev–Trinajstić information content (AvgIpc) is 2.39. The largest absolute Gasteiger partial charge is 0.0594 e. The van der Waals surface area contributed by atoms with Gasteiger partial charge in [0.05, 0.1) is 0 Å². The summed E-state index contributed by atoms with van der Waals surface area (Å²) < 4.78 is 16.1. The van der Waals surface area contributed by atoms with Crippen LogP contribution in [0.5, 0.6) is 0 Å². The highest BCUT2D eigenvalue weighted by Crippen LogP contribution is 2.48. The van der Waals surface area contributed by atoms with Crippen molar-refractivity contribution in [1.29, 1.82) is 0 Å². The molecule has 2 fully saturated rings. The molecule has 0 saturated heterocycles. The molecule has 0 radical (unpaired) electrons. The van der Waals surface area contributed by atoms with E-state index in [0.717, 1.165) is 0 Å². The fourth-order valence-electron chi connectivity index (χ4n) is 3.78. The first-order valence-corrected chi connectivity index (χ1v) is 7.00. The molecule has 2 saturated carbocycles. The molecule has 2 aliphatic rings. The molecule has 0 atom stereocenters. The Hall–Kier alpha value is 0. The Morgan fingerprint density at radius 2 is 1.20 bits per heavy atom. The van der Waals surface area contributed by atoms with E-state index in [4.69, 9.17) is 2.74 Å². The molecule has 2 aliphatic carbocycles. The van der Waals surface area contributed by atoms with Gasteiger partial charge in [0.2, 0.25) is 0 Å². The molecule has 0 heteroatoms. The topological polar surface area (TPSA) is 0 Å². The molecule has 15 heavy (non-hydrogen) atoms. The minimum absolute atomic E-state index is 0.0269. The van der Waals surface area contributed by atoms with Crippen molar-refractivity contribution in [3.8, 4) is 0 Å². The summed E-state index contributed by atoms with van der Waals surface area (Å²) in [6.45, 7) is 1.64. The molecule has 0 nitrogen and oxygen atoms in total. The highest BCUT2D eigenvalue weighted by Gasteiger charge is 2.37. The van der Waals surface area contributed by atoms with Crippen molar-refractivity contribution in [3.05, 3.63) is 0 Å². The normalized spacial score (nSPS) is 28.9. The minimum Gasteiger partial charge on any atom is -0.0594 e. The van der Waals surface area contributed by atoms with Crippen LogP contribution < -0.4 is 0 Å². The monoisotopic (exact) mass is 210 g/mol. The second-order valence-electron chi connectivity index (χ2n) is 6.04. The molecule has 0 N–H and O–H groups in total. The lowest BCUT2D eigenvalue weighted by Crippen LogP contribution is -2.35. The van der Waals surface area contributed by atoms with Crippen LogP contribution >= 0.6 is 0 Å². The molecule has 88 valence electrons. The molecular weight excluding hydrogens is 180 g/mol. The van der Waals surface area contributed by atoms with E-state index in [1.165, 1.54) is 64.2 Å². The van der Waals surface area contributed by atoms with Crippen molar-refractivity contribution in [2.45, 2.75) is 78.0 Å². The van der Waals surface area contributed by atoms with E-state index < -0.39 is 6.88 Å². The lowest BCUT2D eigenvalue weighted by Gasteiger charge is -2.44. The zero-order valence-electron chi connectivity index (χ0n) is 12.3. The van der Waals surface area contributed by atoms with Gasteiger partial charge < -0.3 is 0 Å². The van der Waals surface area contributed by atoms with Gasteiger partial charge in [-0.05, 0) is 42.9 Å². The Labute approximate surface area is 98.6 Å². The van der Waals surface area contributed by atoms with Crippen LogP contribution in [0.15, 0.2) is 0 Å². The first kappa shape index (κ1) is 9.07. The first-order valence-electron chi connectivity index (χ1n) is 8.15. The highest BCUT2D eigenvalue weighted by atomic mass is 14.4. The molecule has 0 aliphatic heterocycles. The SMILES string of the molecule is [2H]C([2H])C(C)(C1CCCCC1)C1CCCCC1. The highest BCUT2D eigenvalue weighted by molar-refractivity contribution is 4.88. The third-order valence-electron chi connectivity index (χ3n) is 4.97. The Balaban J connectivity index is 2.11. The number of hydrogen-bond acceptors (Lipinski definition) is 0. The van der Waals surface area contributed by atoms with Crippen LogP contribution in [-0.4, -0.2) is 0 Å². The van der Waals surface area contributed by atoms with E-state index in [9.17, 15) is 0 Å². The summed E-state index contributed by atoms with van der Waals surface area (Å²) in [7, 11) is 0. The minimum atomic E-state index is -0.631. The van der Waals surface area contributed by atoms with Gasteiger partial charge in [-0.2, -0.15) is 0 Å². The summed E-state index contributed by atoms with van der Waals surface area (Å²) in [4.78, 5) is 0. The van der Waals surface area contributed by atoms with E-state index in [0.29, 0.717) is 11.8 Å². The predicted molar refractivity (Wildman–Crippen MR) is 66.9 cm³/mol. The van der Waals surface area contributed by atoms with Crippen molar-refractivity contribution in [2.75, 3.05) is 0 Å². The van der Waals surface area contributed by atoms with E-state index in [-0.39, 0.29) is 5.41 Å². The van der Waals surface area contributed by atoms with Crippen molar-refractivity contribution < 1.29 is 2.74 Å². The van der Waals surface area contributed by atoms with E-state index in [1.54, 1.807) is 0 Å². The van der Waals surface area contributed by atoms with Crippen LogP contribution in [0.25, 0.3) is 0 Å². The zero-order valence-corrected chi connectivity index (χ0v) is 10.3. The van der Waals surface area contributed by atoms with Crippen LogP contribution in [0, 0.1) is 17.3 Å². The van der Waals surface area contributed by atoms with Gasteiger partial charge in [0.15, 0.2) is 0 Å². The Kier molecular flexibility index (Phi) is 2.96. The Morgan fingerprint density at radius 1 is 0.800 bits per heavy atom. The molecule has 0 aromatic rings. The van der Waals surface area contributed by atoms with Crippen LogP contribution in [0.4, 0.5) is 0 Å². The molecule has 0 aromatic heterocycles. The van der Waals surface area contributed by atoms with Gasteiger partial charge in [-0.15, -0.1) is 0 Å². The van der Waals surface area contributed by atoms with Gasteiger partial charge in [0.1, 0.15) is 0 Å². The smallest absolute Gasteiger partial charge is 0.0236 e. The fourth-order valence-corrected chi connectivity index (χ4v) is 3.78. The third kappa shape index (κ3) is 2.57. The summed E-state index contributed by atoms with van der Waals surface area (Å²) in [6.07, 6.45) is 13.2. The lowest BCUT2D eigenvalue weighted by molar-refractivity contribution is 0.0587. The van der Waals surface area contributed by atoms with Crippen LogP contribution in [0.1, 0.15) is 80.7 Å². The van der Waals surface area contributed by atoms with Crippen LogP contribution in [0.3, 0.4) is 0 Å². The molecule has 0 amide bonds. The molecule has 0 aromatic carbocycles. The maximum atomic E-state index is 8.07. The molecule has 0 heterocycles. The predicted octanol–water partition coefficient (Wildman–Crippen LogP) is 5.17. The Morgan fingerprint density at radius 3 is 1.53 bits per heavy atom. The summed E-state index contributed by atoms with van der Waals surface area (Å²) in [5.74, 6) is 1.30. The van der Waals surface area contributed by atoms with Gasteiger partial charge in [-0.3, -0.25) is 0 Å². The summed E-state index contributed by atoms with van der Waals surface area (Å²) in [6, 6.07) is 0. The molecule has 2 rings (SSSR count). The maximum Gasteiger partial charge on any atom is 0.0236 e. The first-order chi connectivity index (χ1) is 8.15.